The number of nitrogens with one attached hydrogen (secondary N) is 1. The van der Waals surface area contributed by atoms with Gasteiger partial charge in [-0.15, -0.1) is 0 Å². The zero-order valence-electron chi connectivity index (χ0n) is 10.5. The normalized spacial score (nSPS) is 9.90. The third kappa shape index (κ3) is 3.10. The summed E-state index contributed by atoms with van der Waals surface area (Å²) in [5.41, 5.74) is 0.881. The van der Waals surface area contributed by atoms with Crippen LogP contribution in [0.3, 0.4) is 0 Å². The zero-order chi connectivity index (χ0) is 14.5. The third-order valence-electron chi connectivity index (χ3n) is 2.46. The molecule has 0 atom stereocenters. The highest BCUT2D eigenvalue weighted by Crippen LogP contribution is 2.24. The van der Waals surface area contributed by atoms with Crippen molar-refractivity contribution in [2.45, 2.75) is 0 Å². The summed E-state index contributed by atoms with van der Waals surface area (Å²) in [6, 6.07) is 4.45. The molecule has 0 saturated carbocycles. The Labute approximate surface area is 119 Å². The van der Waals surface area contributed by atoms with Gasteiger partial charge in [-0.05, 0) is 18.2 Å². The maximum Gasteiger partial charge on any atom is 0.337 e. The molecule has 0 bridgehead atoms. The molecule has 0 aliphatic heterocycles. The molecule has 6 nitrogen and oxygen atoms in total. The number of carbonyl (C=O) groups excluding carboxylic acids is 2. The number of aromatic nitrogens is 2. The van der Waals surface area contributed by atoms with E-state index in [0.29, 0.717) is 10.7 Å². The number of carbonyl (C=O) groups is 2. The molecule has 2 aromatic rings. The minimum atomic E-state index is -0.514. The van der Waals surface area contributed by atoms with Gasteiger partial charge in [0.15, 0.2) is 0 Å². The van der Waals surface area contributed by atoms with Gasteiger partial charge < -0.3 is 10.1 Å². The Balaban J connectivity index is 2.25. The summed E-state index contributed by atoms with van der Waals surface area (Å²) >= 11 is 5.98. The Morgan fingerprint density at radius 3 is 2.55 bits per heavy atom. The lowest BCUT2D eigenvalue weighted by molar-refractivity contribution is 0.0600. The molecule has 1 N–H and O–H groups in total. The number of anilines is 1. The van der Waals surface area contributed by atoms with Crippen LogP contribution in [0.25, 0.3) is 0 Å². The second-order valence-corrected chi connectivity index (χ2v) is 4.17. The van der Waals surface area contributed by atoms with E-state index in [1.165, 1.54) is 44.0 Å². The minimum absolute atomic E-state index is 0.284. The van der Waals surface area contributed by atoms with Gasteiger partial charge in [0.1, 0.15) is 6.33 Å². The second-order valence-electron chi connectivity index (χ2n) is 3.77. The predicted molar refractivity (Wildman–Crippen MR) is 72.8 cm³/mol. The Kier molecular flexibility index (Phi) is 4.27. The van der Waals surface area contributed by atoms with Crippen molar-refractivity contribution >= 4 is 29.2 Å². The highest BCUT2D eigenvalue weighted by Gasteiger charge is 2.12. The van der Waals surface area contributed by atoms with Crippen LogP contribution >= 0.6 is 11.6 Å². The molecular weight excluding hydrogens is 282 g/mol. The maximum absolute atomic E-state index is 12.0. The molecule has 0 aliphatic carbocycles. The van der Waals surface area contributed by atoms with E-state index >= 15 is 0 Å². The van der Waals surface area contributed by atoms with Crippen molar-refractivity contribution in [2.24, 2.45) is 0 Å². The second kappa shape index (κ2) is 6.12. The van der Waals surface area contributed by atoms with Crippen LogP contribution in [-0.2, 0) is 4.74 Å². The lowest BCUT2D eigenvalue weighted by Crippen LogP contribution is -2.13. The number of rotatable bonds is 3. The Bertz CT molecular complexity index is 647. The van der Waals surface area contributed by atoms with Crippen LogP contribution in [0.1, 0.15) is 20.7 Å². The Morgan fingerprint density at radius 2 is 1.90 bits per heavy atom. The zero-order valence-corrected chi connectivity index (χ0v) is 11.2. The first-order chi connectivity index (χ1) is 9.61. The van der Waals surface area contributed by atoms with Crippen molar-refractivity contribution in [3.05, 3.63) is 53.1 Å². The van der Waals surface area contributed by atoms with E-state index in [1.807, 2.05) is 0 Å². The van der Waals surface area contributed by atoms with Crippen molar-refractivity contribution in [3.8, 4) is 0 Å². The fourth-order valence-corrected chi connectivity index (χ4v) is 1.64. The standard InChI is InChI=1S/C13H10ClN3O3/c1-20-13(19)8-2-3-10(14)11(4-8)17-12(18)9-5-15-7-16-6-9/h2-7H,1H3,(H,17,18). The van der Waals surface area contributed by atoms with Crippen molar-refractivity contribution in [3.63, 3.8) is 0 Å². The Morgan fingerprint density at radius 1 is 1.20 bits per heavy atom. The fraction of sp³-hybridized carbons (Fsp3) is 0.0769. The molecule has 1 heterocycles. The van der Waals surface area contributed by atoms with Gasteiger partial charge in [-0.25, -0.2) is 14.8 Å². The number of ether oxygens (including phenoxy) is 1. The van der Waals surface area contributed by atoms with Gasteiger partial charge in [0, 0.05) is 12.4 Å². The molecule has 0 saturated heterocycles. The SMILES string of the molecule is COC(=O)c1ccc(Cl)c(NC(=O)c2cncnc2)c1. The average molecular weight is 292 g/mol. The monoisotopic (exact) mass is 291 g/mol. The number of esters is 1. The molecule has 0 fully saturated rings. The van der Waals surface area contributed by atoms with Gasteiger partial charge in [-0.1, -0.05) is 11.6 Å². The molecule has 0 spiro atoms. The van der Waals surface area contributed by atoms with E-state index in [2.05, 4.69) is 20.0 Å². The molecule has 7 heteroatoms. The first-order valence-electron chi connectivity index (χ1n) is 5.56. The van der Waals surface area contributed by atoms with Crippen molar-refractivity contribution in [2.75, 3.05) is 12.4 Å². The highest BCUT2D eigenvalue weighted by molar-refractivity contribution is 6.34. The summed E-state index contributed by atoms with van der Waals surface area (Å²) in [6.45, 7) is 0. The number of benzene rings is 1. The molecule has 0 unspecified atom stereocenters. The lowest BCUT2D eigenvalue weighted by atomic mass is 10.2. The molecule has 1 aromatic carbocycles. The van der Waals surface area contributed by atoms with Crippen LogP contribution in [0.5, 0.6) is 0 Å². The lowest BCUT2D eigenvalue weighted by Gasteiger charge is -2.08. The summed E-state index contributed by atoms with van der Waals surface area (Å²) in [4.78, 5) is 30.9. The Hall–Kier alpha value is -2.47. The van der Waals surface area contributed by atoms with E-state index in [1.54, 1.807) is 0 Å². The minimum Gasteiger partial charge on any atom is -0.465 e. The largest absolute Gasteiger partial charge is 0.465 e. The fourth-order valence-electron chi connectivity index (χ4n) is 1.48. The quantitative estimate of drug-likeness (QED) is 0.877. The summed E-state index contributed by atoms with van der Waals surface area (Å²) in [6.07, 6.45) is 4.07. The molecule has 1 aromatic heterocycles. The molecular formula is C13H10ClN3O3. The first kappa shape index (κ1) is 14.0. The molecule has 20 heavy (non-hydrogen) atoms. The topological polar surface area (TPSA) is 81.2 Å². The van der Waals surface area contributed by atoms with Gasteiger partial charge >= 0.3 is 5.97 Å². The van der Waals surface area contributed by atoms with Crippen molar-refractivity contribution in [1.82, 2.24) is 9.97 Å². The predicted octanol–water partition coefficient (Wildman–Crippen LogP) is 2.17. The summed E-state index contributed by atoms with van der Waals surface area (Å²) < 4.78 is 4.61. The van der Waals surface area contributed by atoms with E-state index in [-0.39, 0.29) is 11.1 Å². The van der Waals surface area contributed by atoms with Crippen molar-refractivity contribution < 1.29 is 14.3 Å². The smallest absolute Gasteiger partial charge is 0.337 e. The molecule has 0 radical (unpaired) electrons. The van der Waals surface area contributed by atoms with Gasteiger partial charge in [-0.3, -0.25) is 4.79 Å². The maximum atomic E-state index is 12.0. The van der Waals surface area contributed by atoms with Crippen LogP contribution < -0.4 is 5.32 Å². The first-order valence-corrected chi connectivity index (χ1v) is 5.94. The average Bonchev–Trinajstić information content (AvgIpc) is 2.49. The van der Waals surface area contributed by atoms with E-state index in [0.717, 1.165) is 0 Å². The molecule has 2 rings (SSSR count). The van der Waals surface area contributed by atoms with Crippen LogP contribution in [-0.4, -0.2) is 29.0 Å². The van der Waals surface area contributed by atoms with Gasteiger partial charge in [0.05, 0.1) is 28.9 Å². The van der Waals surface area contributed by atoms with E-state index < -0.39 is 11.9 Å². The molecule has 102 valence electrons. The molecule has 0 aliphatic rings. The number of hydrogen-bond donors (Lipinski definition) is 1. The van der Waals surface area contributed by atoms with Crippen LogP contribution in [0, 0.1) is 0 Å². The van der Waals surface area contributed by atoms with Gasteiger partial charge in [0.2, 0.25) is 0 Å². The van der Waals surface area contributed by atoms with Gasteiger partial charge in [-0.2, -0.15) is 0 Å². The number of halogens is 1. The summed E-state index contributed by atoms with van der Waals surface area (Å²) in [5, 5.41) is 2.90. The number of hydrogen-bond acceptors (Lipinski definition) is 5. The highest BCUT2D eigenvalue weighted by atomic mass is 35.5. The van der Waals surface area contributed by atoms with Crippen molar-refractivity contribution in [1.29, 1.82) is 0 Å². The van der Waals surface area contributed by atoms with E-state index in [4.69, 9.17) is 11.6 Å². The van der Waals surface area contributed by atoms with Gasteiger partial charge in [0.25, 0.3) is 5.91 Å². The number of amides is 1. The molecule has 1 amide bonds. The van der Waals surface area contributed by atoms with Crippen LogP contribution in [0.4, 0.5) is 5.69 Å². The summed E-state index contributed by atoms with van der Waals surface area (Å²) in [5.74, 6) is -0.935. The number of nitrogens with zero attached hydrogens (tertiary/aromatic N) is 2. The van der Waals surface area contributed by atoms with Crippen LogP contribution in [0.2, 0.25) is 5.02 Å². The third-order valence-corrected chi connectivity index (χ3v) is 2.79. The van der Waals surface area contributed by atoms with E-state index in [9.17, 15) is 9.59 Å². The number of methoxy groups -OCH3 is 1. The summed E-state index contributed by atoms with van der Waals surface area (Å²) in [7, 11) is 1.27. The van der Waals surface area contributed by atoms with Crippen LogP contribution in [0.15, 0.2) is 36.9 Å².